The first-order valence-corrected chi connectivity index (χ1v) is 7.63. The lowest BCUT2D eigenvalue weighted by molar-refractivity contribution is 0.653. The SMILES string of the molecule is Cc1cc(N2CCN(c3ccccc3Cl)CC2)ccc1N. The van der Waals surface area contributed by atoms with E-state index < -0.39 is 0 Å². The van der Waals surface area contributed by atoms with Crippen molar-refractivity contribution in [3.05, 3.63) is 53.1 Å². The van der Waals surface area contributed by atoms with Crippen LogP contribution < -0.4 is 15.5 Å². The molecule has 1 saturated heterocycles. The predicted octanol–water partition coefficient (Wildman–Crippen LogP) is 3.56. The number of benzene rings is 2. The molecule has 0 aromatic heterocycles. The summed E-state index contributed by atoms with van der Waals surface area (Å²) in [6.07, 6.45) is 0. The van der Waals surface area contributed by atoms with Gasteiger partial charge in [-0.3, -0.25) is 0 Å². The van der Waals surface area contributed by atoms with Crippen LogP contribution in [0.2, 0.25) is 5.02 Å². The van der Waals surface area contributed by atoms with Gasteiger partial charge < -0.3 is 15.5 Å². The Morgan fingerprint density at radius 3 is 2.29 bits per heavy atom. The van der Waals surface area contributed by atoms with E-state index in [1.165, 1.54) is 5.69 Å². The third-order valence-corrected chi connectivity index (χ3v) is 4.41. The molecule has 21 heavy (non-hydrogen) atoms. The molecule has 0 unspecified atom stereocenters. The van der Waals surface area contributed by atoms with E-state index in [1.807, 2.05) is 24.3 Å². The van der Waals surface area contributed by atoms with Crippen molar-refractivity contribution in [1.29, 1.82) is 0 Å². The lowest BCUT2D eigenvalue weighted by Gasteiger charge is -2.37. The van der Waals surface area contributed by atoms with Gasteiger partial charge in [0.2, 0.25) is 0 Å². The highest BCUT2D eigenvalue weighted by Crippen LogP contribution is 2.28. The number of nitrogens with zero attached hydrogens (tertiary/aromatic N) is 2. The molecular weight excluding hydrogens is 282 g/mol. The van der Waals surface area contributed by atoms with Gasteiger partial charge in [-0.05, 0) is 42.8 Å². The van der Waals surface area contributed by atoms with Gasteiger partial charge in [0.1, 0.15) is 0 Å². The number of hydrogen-bond donors (Lipinski definition) is 1. The van der Waals surface area contributed by atoms with Crippen LogP contribution in [0.15, 0.2) is 42.5 Å². The van der Waals surface area contributed by atoms with Gasteiger partial charge in [-0.15, -0.1) is 0 Å². The third-order valence-electron chi connectivity index (χ3n) is 4.09. The second kappa shape index (κ2) is 5.86. The van der Waals surface area contributed by atoms with Gasteiger partial charge in [-0.1, -0.05) is 23.7 Å². The van der Waals surface area contributed by atoms with Crippen LogP contribution >= 0.6 is 11.6 Å². The first-order valence-electron chi connectivity index (χ1n) is 7.26. The number of aryl methyl sites for hydroxylation is 1. The fraction of sp³-hybridized carbons (Fsp3) is 0.294. The number of halogens is 1. The van der Waals surface area contributed by atoms with E-state index in [-0.39, 0.29) is 0 Å². The Bertz CT molecular complexity index is 634. The Kier molecular flexibility index (Phi) is 3.93. The maximum absolute atomic E-state index is 6.28. The number of anilines is 3. The van der Waals surface area contributed by atoms with Gasteiger partial charge in [-0.2, -0.15) is 0 Å². The molecule has 0 saturated carbocycles. The van der Waals surface area contributed by atoms with E-state index in [1.54, 1.807) is 0 Å². The largest absolute Gasteiger partial charge is 0.399 e. The minimum Gasteiger partial charge on any atom is -0.399 e. The number of para-hydroxylation sites is 1. The normalized spacial score (nSPS) is 15.3. The standard InChI is InChI=1S/C17H20ClN3/c1-13-12-14(6-7-16(13)19)20-8-10-21(11-9-20)17-5-3-2-4-15(17)18/h2-7,12H,8-11,19H2,1H3. The summed E-state index contributed by atoms with van der Waals surface area (Å²) >= 11 is 6.28. The molecule has 0 aliphatic carbocycles. The molecule has 0 spiro atoms. The number of nitrogen functional groups attached to an aromatic ring is 1. The van der Waals surface area contributed by atoms with Gasteiger partial charge in [0.15, 0.2) is 0 Å². The van der Waals surface area contributed by atoms with Crippen molar-refractivity contribution in [2.75, 3.05) is 41.7 Å². The van der Waals surface area contributed by atoms with Crippen LogP contribution in [0.1, 0.15) is 5.56 Å². The topological polar surface area (TPSA) is 32.5 Å². The van der Waals surface area contributed by atoms with E-state index in [0.717, 1.165) is 48.1 Å². The van der Waals surface area contributed by atoms with E-state index in [2.05, 4.69) is 34.9 Å². The van der Waals surface area contributed by atoms with Crippen LogP contribution in [0, 0.1) is 6.92 Å². The van der Waals surface area contributed by atoms with Crippen molar-refractivity contribution >= 4 is 28.7 Å². The van der Waals surface area contributed by atoms with Crippen molar-refractivity contribution < 1.29 is 0 Å². The molecule has 4 heteroatoms. The monoisotopic (exact) mass is 301 g/mol. The highest BCUT2D eigenvalue weighted by molar-refractivity contribution is 6.33. The minimum absolute atomic E-state index is 0.828. The quantitative estimate of drug-likeness (QED) is 0.861. The Morgan fingerprint density at radius 2 is 1.62 bits per heavy atom. The van der Waals surface area contributed by atoms with Crippen LogP contribution in [0.5, 0.6) is 0 Å². The molecule has 2 N–H and O–H groups in total. The first kappa shape index (κ1) is 14.1. The minimum atomic E-state index is 0.828. The average molecular weight is 302 g/mol. The van der Waals surface area contributed by atoms with E-state index in [4.69, 9.17) is 17.3 Å². The summed E-state index contributed by atoms with van der Waals surface area (Å²) in [5.74, 6) is 0. The number of piperazine rings is 1. The molecular formula is C17H20ClN3. The Hall–Kier alpha value is -1.87. The molecule has 0 bridgehead atoms. The molecule has 1 fully saturated rings. The number of rotatable bonds is 2. The van der Waals surface area contributed by atoms with E-state index >= 15 is 0 Å². The fourth-order valence-electron chi connectivity index (χ4n) is 2.77. The molecule has 110 valence electrons. The third kappa shape index (κ3) is 2.93. The summed E-state index contributed by atoms with van der Waals surface area (Å²) in [6, 6.07) is 14.3. The van der Waals surface area contributed by atoms with Crippen LogP contribution in [-0.2, 0) is 0 Å². The van der Waals surface area contributed by atoms with Crippen molar-refractivity contribution in [1.82, 2.24) is 0 Å². The molecule has 0 atom stereocenters. The van der Waals surface area contributed by atoms with Crippen LogP contribution in [0.4, 0.5) is 17.1 Å². The summed E-state index contributed by atoms with van der Waals surface area (Å²) < 4.78 is 0. The van der Waals surface area contributed by atoms with Crippen molar-refractivity contribution in [3.63, 3.8) is 0 Å². The van der Waals surface area contributed by atoms with Crippen LogP contribution in [0.25, 0.3) is 0 Å². The molecule has 1 aliphatic rings. The van der Waals surface area contributed by atoms with E-state index in [9.17, 15) is 0 Å². The molecule has 2 aromatic rings. The summed E-state index contributed by atoms with van der Waals surface area (Å²) in [5, 5.41) is 0.828. The van der Waals surface area contributed by atoms with E-state index in [0.29, 0.717) is 0 Å². The molecule has 3 nitrogen and oxygen atoms in total. The Balaban J connectivity index is 1.70. The van der Waals surface area contributed by atoms with Crippen LogP contribution in [-0.4, -0.2) is 26.2 Å². The molecule has 0 radical (unpaired) electrons. The zero-order chi connectivity index (χ0) is 14.8. The molecule has 3 rings (SSSR count). The fourth-order valence-corrected chi connectivity index (χ4v) is 3.03. The van der Waals surface area contributed by atoms with Crippen molar-refractivity contribution in [2.45, 2.75) is 6.92 Å². The highest BCUT2D eigenvalue weighted by atomic mass is 35.5. The second-order valence-electron chi connectivity index (χ2n) is 5.47. The Labute approximate surface area is 130 Å². The van der Waals surface area contributed by atoms with Crippen molar-refractivity contribution in [2.24, 2.45) is 0 Å². The molecule has 1 heterocycles. The smallest absolute Gasteiger partial charge is 0.0639 e. The number of hydrogen-bond acceptors (Lipinski definition) is 3. The molecule has 2 aromatic carbocycles. The van der Waals surface area contributed by atoms with Crippen molar-refractivity contribution in [3.8, 4) is 0 Å². The highest BCUT2D eigenvalue weighted by Gasteiger charge is 2.19. The lowest BCUT2D eigenvalue weighted by atomic mass is 10.1. The Morgan fingerprint density at radius 1 is 0.952 bits per heavy atom. The van der Waals surface area contributed by atoms with Gasteiger partial charge in [0.25, 0.3) is 0 Å². The molecule has 1 aliphatic heterocycles. The molecule has 0 amide bonds. The predicted molar refractivity (Wildman–Crippen MR) is 91.5 cm³/mol. The summed E-state index contributed by atoms with van der Waals surface area (Å²) in [7, 11) is 0. The second-order valence-corrected chi connectivity index (χ2v) is 5.87. The van der Waals surface area contributed by atoms with Gasteiger partial charge in [0, 0.05) is 37.6 Å². The lowest BCUT2D eigenvalue weighted by Crippen LogP contribution is -2.46. The first-order chi connectivity index (χ1) is 10.1. The van der Waals surface area contributed by atoms with Gasteiger partial charge in [0.05, 0.1) is 10.7 Å². The zero-order valence-corrected chi connectivity index (χ0v) is 13.0. The maximum atomic E-state index is 6.28. The summed E-state index contributed by atoms with van der Waals surface area (Å²) in [4.78, 5) is 4.75. The summed E-state index contributed by atoms with van der Waals surface area (Å²) in [5.41, 5.74) is 10.3. The van der Waals surface area contributed by atoms with Crippen LogP contribution in [0.3, 0.4) is 0 Å². The maximum Gasteiger partial charge on any atom is 0.0639 e. The number of nitrogens with two attached hydrogens (primary N) is 1. The van der Waals surface area contributed by atoms with Gasteiger partial charge >= 0.3 is 0 Å². The van der Waals surface area contributed by atoms with Gasteiger partial charge in [-0.25, -0.2) is 0 Å². The summed E-state index contributed by atoms with van der Waals surface area (Å²) in [6.45, 7) is 6.00. The average Bonchev–Trinajstić information content (AvgIpc) is 2.51. The zero-order valence-electron chi connectivity index (χ0n) is 12.2.